The van der Waals surface area contributed by atoms with Crippen molar-refractivity contribution in [3.8, 4) is 0 Å². The van der Waals surface area contributed by atoms with Crippen LogP contribution < -0.4 is 5.32 Å². The van der Waals surface area contributed by atoms with E-state index >= 15 is 0 Å². The number of piperidine rings is 1. The van der Waals surface area contributed by atoms with Crippen molar-refractivity contribution in [2.24, 2.45) is 5.41 Å². The molecule has 1 aromatic rings. The molecule has 2 aliphatic rings. The molecule has 1 saturated heterocycles. The summed E-state index contributed by atoms with van der Waals surface area (Å²) in [7, 11) is 0. The minimum Gasteiger partial charge on any atom is -0.389 e. The Morgan fingerprint density at radius 3 is 2.53 bits per heavy atom. The molecule has 2 N–H and O–H groups in total. The Kier molecular flexibility index (Phi) is 4.24. The van der Waals surface area contributed by atoms with Crippen LogP contribution in [-0.4, -0.2) is 17.3 Å². The van der Waals surface area contributed by atoms with Gasteiger partial charge < -0.3 is 10.4 Å². The van der Waals surface area contributed by atoms with E-state index < -0.39 is 5.60 Å². The third-order valence-corrected chi connectivity index (χ3v) is 5.26. The van der Waals surface area contributed by atoms with Crippen LogP contribution in [0.25, 0.3) is 0 Å². The number of hydrogen-bond acceptors (Lipinski definition) is 2. The summed E-state index contributed by atoms with van der Waals surface area (Å²) in [6, 6.07) is 10.9. The fraction of sp³-hybridized carbons (Fsp3) is 0.625. The number of fused-ring (bicyclic) bond motifs is 1. The molecule has 2 fully saturated rings. The van der Waals surface area contributed by atoms with E-state index in [1.165, 1.54) is 18.4 Å². The maximum Gasteiger partial charge on any atom is 0.0731 e. The van der Waals surface area contributed by atoms with Gasteiger partial charge in [0.25, 0.3) is 0 Å². The van der Waals surface area contributed by atoms with Gasteiger partial charge >= 0.3 is 0 Å². The third kappa shape index (κ3) is 2.31. The minimum atomic E-state index is -0.475. The Hall–Kier alpha value is -0.570. The van der Waals surface area contributed by atoms with Crippen LogP contribution in [0.1, 0.15) is 50.6 Å². The fourth-order valence-corrected chi connectivity index (χ4v) is 4.03. The highest BCUT2D eigenvalue weighted by Gasteiger charge is 2.54. The van der Waals surface area contributed by atoms with Gasteiger partial charge in [0.2, 0.25) is 0 Å². The highest BCUT2D eigenvalue weighted by atomic mass is 35.5. The summed E-state index contributed by atoms with van der Waals surface area (Å²) < 4.78 is 0. The Bertz CT molecular complexity index is 420. The van der Waals surface area contributed by atoms with Gasteiger partial charge in [0.15, 0.2) is 0 Å². The molecule has 0 bridgehead atoms. The van der Waals surface area contributed by atoms with Crippen LogP contribution in [0.2, 0.25) is 0 Å². The van der Waals surface area contributed by atoms with Crippen molar-refractivity contribution in [1.29, 1.82) is 0 Å². The van der Waals surface area contributed by atoms with Gasteiger partial charge in [0, 0.05) is 11.5 Å². The molecule has 1 aliphatic carbocycles. The summed E-state index contributed by atoms with van der Waals surface area (Å²) in [5.74, 6) is 0. The van der Waals surface area contributed by atoms with Gasteiger partial charge in [0.1, 0.15) is 0 Å². The number of halogens is 1. The number of hydrogen-bond donors (Lipinski definition) is 2. The van der Waals surface area contributed by atoms with Crippen LogP contribution in [0, 0.1) is 5.41 Å². The summed E-state index contributed by atoms with van der Waals surface area (Å²) in [6.45, 7) is 3.20. The molecule has 0 radical (unpaired) electrons. The molecule has 1 saturated carbocycles. The van der Waals surface area contributed by atoms with Gasteiger partial charge in [0.05, 0.1) is 5.60 Å². The van der Waals surface area contributed by atoms with Crippen molar-refractivity contribution in [2.45, 2.75) is 50.7 Å². The van der Waals surface area contributed by atoms with Crippen LogP contribution in [0.4, 0.5) is 0 Å². The quantitative estimate of drug-likeness (QED) is 0.826. The average Bonchev–Trinajstić information content (AvgIpc) is 2.39. The fourth-order valence-electron chi connectivity index (χ4n) is 4.03. The van der Waals surface area contributed by atoms with E-state index in [0.29, 0.717) is 0 Å². The van der Waals surface area contributed by atoms with Crippen molar-refractivity contribution < 1.29 is 5.11 Å². The second-order valence-corrected chi connectivity index (χ2v) is 6.20. The highest BCUT2D eigenvalue weighted by Crippen LogP contribution is 2.55. The summed E-state index contributed by atoms with van der Waals surface area (Å²) >= 11 is 0. The zero-order valence-corrected chi connectivity index (χ0v) is 12.4. The molecule has 2 nitrogen and oxygen atoms in total. The van der Waals surface area contributed by atoms with Gasteiger partial charge in [-0.2, -0.15) is 0 Å². The molecule has 0 aromatic heterocycles. The van der Waals surface area contributed by atoms with E-state index in [2.05, 4.69) is 42.6 Å². The summed E-state index contributed by atoms with van der Waals surface area (Å²) in [4.78, 5) is 0. The summed E-state index contributed by atoms with van der Waals surface area (Å²) in [5.41, 5.74) is 0.821. The molecule has 19 heavy (non-hydrogen) atoms. The SMILES string of the molecule is C[C@]12CCCC[C@]1(O)CCN[C@@H]2c1ccccc1.Cl. The van der Waals surface area contributed by atoms with Crippen molar-refractivity contribution in [2.75, 3.05) is 6.54 Å². The molecule has 1 heterocycles. The Morgan fingerprint density at radius 1 is 1.11 bits per heavy atom. The van der Waals surface area contributed by atoms with Crippen LogP contribution >= 0.6 is 12.4 Å². The predicted molar refractivity (Wildman–Crippen MR) is 80.6 cm³/mol. The van der Waals surface area contributed by atoms with Crippen molar-refractivity contribution in [3.05, 3.63) is 35.9 Å². The van der Waals surface area contributed by atoms with Gasteiger partial charge in [-0.15, -0.1) is 12.4 Å². The van der Waals surface area contributed by atoms with Crippen molar-refractivity contribution in [1.82, 2.24) is 5.32 Å². The molecule has 0 amide bonds. The molecule has 0 unspecified atom stereocenters. The van der Waals surface area contributed by atoms with E-state index in [9.17, 15) is 5.11 Å². The molecular formula is C16H24ClNO. The standard InChI is InChI=1S/C16H23NO.ClH/c1-15-9-5-6-10-16(15,18)11-12-17-14(15)13-7-3-2-4-8-13;/h2-4,7-8,14,17-18H,5-6,9-12H2,1H3;1H/t14-,15-,16+;/m1./s1. The van der Waals surface area contributed by atoms with Crippen molar-refractivity contribution >= 4 is 12.4 Å². The maximum absolute atomic E-state index is 11.0. The molecule has 3 heteroatoms. The highest BCUT2D eigenvalue weighted by molar-refractivity contribution is 5.85. The lowest BCUT2D eigenvalue weighted by molar-refractivity contribution is -0.146. The Labute approximate surface area is 122 Å². The van der Waals surface area contributed by atoms with Gasteiger partial charge in [-0.05, 0) is 31.4 Å². The van der Waals surface area contributed by atoms with Gasteiger partial charge in [-0.3, -0.25) is 0 Å². The second-order valence-electron chi connectivity index (χ2n) is 6.20. The summed E-state index contributed by atoms with van der Waals surface area (Å²) in [6.07, 6.45) is 5.40. The first-order valence-electron chi connectivity index (χ1n) is 7.16. The van der Waals surface area contributed by atoms with E-state index in [1.807, 2.05) is 0 Å². The minimum absolute atomic E-state index is 0. The van der Waals surface area contributed by atoms with E-state index in [1.54, 1.807) is 0 Å². The molecule has 0 spiro atoms. The van der Waals surface area contributed by atoms with Crippen LogP contribution in [0.3, 0.4) is 0 Å². The zero-order valence-electron chi connectivity index (χ0n) is 11.6. The molecule has 106 valence electrons. The second kappa shape index (κ2) is 5.43. The third-order valence-electron chi connectivity index (χ3n) is 5.26. The molecule has 3 atom stereocenters. The van der Waals surface area contributed by atoms with E-state index in [-0.39, 0.29) is 23.9 Å². The predicted octanol–water partition coefficient (Wildman–Crippen LogP) is 3.45. The topological polar surface area (TPSA) is 32.3 Å². The Morgan fingerprint density at radius 2 is 1.79 bits per heavy atom. The lowest BCUT2D eigenvalue weighted by atomic mass is 9.56. The monoisotopic (exact) mass is 281 g/mol. The number of nitrogens with one attached hydrogen (secondary N) is 1. The smallest absolute Gasteiger partial charge is 0.0731 e. The van der Waals surface area contributed by atoms with Gasteiger partial charge in [-0.1, -0.05) is 50.1 Å². The lowest BCUT2D eigenvalue weighted by Gasteiger charge is -2.56. The van der Waals surface area contributed by atoms with E-state index in [4.69, 9.17) is 0 Å². The van der Waals surface area contributed by atoms with Crippen LogP contribution in [-0.2, 0) is 0 Å². The first-order chi connectivity index (χ1) is 8.66. The molecular weight excluding hydrogens is 258 g/mol. The van der Waals surface area contributed by atoms with Crippen molar-refractivity contribution in [3.63, 3.8) is 0 Å². The van der Waals surface area contributed by atoms with E-state index in [0.717, 1.165) is 25.8 Å². The number of aliphatic hydroxyl groups is 1. The largest absolute Gasteiger partial charge is 0.389 e. The molecule has 3 rings (SSSR count). The lowest BCUT2D eigenvalue weighted by Crippen LogP contribution is -2.60. The Balaban J connectivity index is 0.00000133. The number of benzene rings is 1. The maximum atomic E-state index is 11.0. The van der Waals surface area contributed by atoms with Crippen LogP contribution in [0.15, 0.2) is 30.3 Å². The zero-order chi connectivity index (χ0) is 12.6. The van der Waals surface area contributed by atoms with Gasteiger partial charge in [-0.25, -0.2) is 0 Å². The average molecular weight is 282 g/mol. The van der Waals surface area contributed by atoms with Crippen LogP contribution in [0.5, 0.6) is 0 Å². The molecule has 1 aromatic carbocycles. The first-order valence-corrected chi connectivity index (χ1v) is 7.16. The first kappa shape index (κ1) is 14.8. The normalized spacial score (nSPS) is 38.1. The molecule has 1 aliphatic heterocycles. The summed E-state index contributed by atoms with van der Waals surface area (Å²) in [5, 5.41) is 14.7. The number of rotatable bonds is 1.